The maximum absolute atomic E-state index is 12.9. The monoisotopic (exact) mass is 494 g/mol. The molecule has 0 bridgehead atoms. The number of hydrogen-bond donors (Lipinski definition) is 2. The molecule has 7 heteroatoms. The van der Waals surface area contributed by atoms with Crippen LogP contribution < -0.4 is 14.8 Å². The average Bonchev–Trinajstić information content (AvgIpc) is 2.85. The van der Waals surface area contributed by atoms with Crippen molar-refractivity contribution in [3.8, 4) is 5.75 Å². The number of carbonyl (C=O) groups is 1. The van der Waals surface area contributed by atoms with Crippen LogP contribution >= 0.6 is 0 Å². The molecular formula is C28H34N2O4S. The average molecular weight is 495 g/mol. The Kier molecular flexibility index (Phi) is 8.57. The maximum atomic E-state index is 12.9. The molecule has 6 nitrogen and oxygen atoms in total. The molecule has 0 aliphatic heterocycles. The van der Waals surface area contributed by atoms with Gasteiger partial charge in [0.1, 0.15) is 5.75 Å². The Morgan fingerprint density at radius 2 is 1.51 bits per heavy atom. The van der Waals surface area contributed by atoms with Crippen molar-refractivity contribution in [2.24, 2.45) is 0 Å². The van der Waals surface area contributed by atoms with E-state index < -0.39 is 16.1 Å². The van der Waals surface area contributed by atoms with Gasteiger partial charge >= 0.3 is 0 Å². The zero-order chi connectivity index (χ0) is 25.6. The smallest absolute Gasteiger partial charge is 0.265 e. The summed E-state index contributed by atoms with van der Waals surface area (Å²) in [5.74, 6) is 0.747. The third-order valence-corrected chi connectivity index (χ3v) is 7.51. The normalized spacial score (nSPS) is 13.1. The van der Waals surface area contributed by atoms with Gasteiger partial charge in [0.15, 0.2) is 6.10 Å². The van der Waals surface area contributed by atoms with E-state index in [2.05, 4.69) is 23.9 Å². The van der Waals surface area contributed by atoms with Crippen LogP contribution in [0.1, 0.15) is 56.2 Å². The molecule has 0 fully saturated rings. The van der Waals surface area contributed by atoms with Crippen molar-refractivity contribution in [3.63, 3.8) is 0 Å². The van der Waals surface area contributed by atoms with Crippen molar-refractivity contribution in [2.45, 2.75) is 64.4 Å². The van der Waals surface area contributed by atoms with Crippen molar-refractivity contribution >= 4 is 27.3 Å². The summed E-state index contributed by atoms with van der Waals surface area (Å²) in [6, 6.07) is 19.5. The van der Waals surface area contributed by atoms with Crippen LogP contribution in [-0.2, 0) is 14.8 Å². The van der Waals surface area contributed by atoms with E-state index in [-0.39, 0.29) is 10.8 Å². The lowest BCUT2D eigenvalue weighted by molar-refractivity contribution is -0.122. The van der Waals surface area contributed by atoms with Gasteiger partial charge in [-0.3, -0.25) is 9.52 Å². The Balaban J connectivity index is 1.71. The number of nitrogens with one attached hydrogen (secondary N) is 2. The summed E-state index contributed by atoms with van der Waals surface area (Å²) in [5, 5.41) is 2.84. The molecule has 2 atom stereocenters. The Hall–Kier alpha value is -3.32. The first kappa shape index (κ1) is 26.3. The molecule has 0 spiro atoms. The van der Waals surface area contributed by atoms with Crippen molar-refractivity contribution in [1.82, 2.24) is 0 Å². The Labute approximate surface area is 208 Å². The molecule has 3 aromatic carbocycles. The number of para-hydroxylation sites is 2. The van der Waals surface area contributed by atoms with E-state index in [1.165, 1.54) is 12.1 Å². The molecule has 0 saturated heterocycles. The number of anilines is 2. The molecule has 3 aromatic rings. The van der Waals surface area contributed by atoms with Crippen LogP contribution in [0.15, 0.2) is 71.6 Å². The van der Waals surface area contributed by atoms with E-state index in [0.29, 0.717) is 29.5 Å². The molecule has 35 heavy (non-hydrogen) atoms. The first-order valence-corrected chi connectivity index (χ1v) is 13.4. The Morgan fingerprint density at radius 1 is 0.886 bits per heavy atom. The Bertz CT molecular complexity index is 1250. The highest BCUT2D eigenvalue weighted by atomic mass is 32.2. The lowest BCUT2D eigenvalue weighted by atomic mass is 9.98. The third kappa shape index (κ3) is 6.42. The first-order chi connectivity index (χ1) is 16.7. The van der Waals surface area contributed by atoms with E-state index in [4.69, 9.17) is 4.74 Å². The van der Waals surface area contributed by atoms with E-state index in [0.717, 1.165) is 23.1 Å². The van der Waals surface area contributed by atoms with Crippen LogP contribution in [0.5, 0.6) is 5.75 Å². The van der Waals surface area contributed by atoms with Gasteiger partial charge < -0.3 is 10.1 Å². The summed E-state index contributed by atoms with van der Waals surface area (Å²) in [6.07, 6.45) is 0.790. The zero-order valence-electron chi connectivity index (χ0n) is 21.0. The van der Waals surface area contributed by atoms with Gasteiger partial charge in [0.2, 0.25) is 0 Å². The molecule has 0 aliphatic carbocycles. The number of amides is 1. The van der Waals surface area contributed by atoms with Crippen molar-refractivity contribution in [2.75, 3.05) is 10.0 Å². The molecule has 0 heterocycles. The van der Waals surface area contributed by atoms with Gasteiger partial charge in [-0.1, -0.05) is 57.2 Å². The fourth-order valence-electron chi connectivity index (χ4n) is 3.80. The van der Waals surface area contributed by atoms with E-state index in [1.807, 2.05) is 63.2 Å². The van der Waals surface area contributed by atoms with Crippen molar-refractivity contribution in [1.29, 1.82) is 0 Å². The SMILES string of the molecule is CCC(Oc1ccccc1C(C)CC)C(=O)Nc1ccc(S(=O)(=O)Nc2c(C)cccc2C)cc1. The minimum Gasteiger partial charge on any atom is -0.480 e. The third-order valence-electron chi connectivity index (χ3n) is 6.14. The van der Waals surface area contributed by atoms with Gasteiger partial charge in [0.25, 0.3) is 15.9 Å². The lowest BCUT2D eigenvalue weighted by Crippen LogP contribution is -2.32. The highest BCUT2D eigenvalue weighted by Gasteiger charge is 2.22. The molecule has 0 aromatic heterocycles. The summed E-state index contributed by atoms with van der Waals surface area (Å²) in [4.78, 5) is 13.0. The summed E-state index contributed by atoms with van der Waals surface area (Å²) < 4.78 is 34.6. The maximum Gasteiger partial charge on any atom is 0.265 e. The molecule has 0 aliphatic rings. The van der Waals surface area contributed by atoms with Gasteiger partial charge in [-0.2, -0.15) is 0 Å². The minimum atomic E-state index is -3.77. The quantitative estimate of drug-likeness (QED) is 0.341. The van der Waals surface area contributed by atoms with Gasteiger partial charge in [-0.25, -0.2) is 8.42 Å². The molecule has 186 valence electrons. The fraction of sp³-hybridized carbons (Fsp3) is 0.321. The predicted molar refractivity (Wildman–Crippen MR) is 142 cm³/mol. The molecule has 2 N–H and O–H groups in total. The zero-order valence-corrected chi connectivity index (χ0v) is 21.8. The summed E-state index contributed by atoms with van der Waals surface area (Å²) in [5.41, 5.74) is 3.84. The predicted octanol–water partition coefficient (Wildman–Crippen LogP) is 6.41. The highest BCUT2D eigenvalue weighted by molar-refractivity contribution is 7.92. The standard InChI is InChI=1S/C28H34N2O4S/c1-6-19(3)24-13-8-9-14-26(24)34-25(7-2)28(31)29-22-15-17-23(18-16-22)35(32,33)30-27-20(4)11-10-12-21(27)5/h8-19,25,30H,6-7H2,1-5H3,(H,29,31). The van der Waals surface area contributed by atoms with Crippen molar-refractivity contribution in [3.05, 3.63) is 83.4 Å². The van der Waals surface area contributed by atoms with Gasteiger partial charge in [-0.15, -0.1) is 0 Å². The second-order valence-corrected chi connectivity index (χ2v) is 10.4. The fourth-order valence-corrected chi connectivity index (χ4v) is 5.00. The minimum absolute atomic E-state index is 0.115. The van der Waals surface area contributed by atoms with Crippen LogP contribution in [-0.4, -0.2) is 20.4 Å². The van der Waals surface area contributed by atoms with Crippen LogP contribution in [0.3, 0.4) is 0 Å². The number of benzene rings is 3. The molecule has 3 rings (SSSR count). The van der Waals surface area contributed by atoms with Gasteiger partial charge in [0.05, 0.1) is 10.6 Å². The number of hydrogen-bond acceptors (Lipinski definition) is 4. The number of aryl methyl sites for hydroxylation is 2. The second-order valence-electron chi connectivity index (χ2n) is 8.75. The van der Waals surface area contributed by atoms with Gasteiger partial charge in [0, 0.05) is 5.69 Å². The van der Waals surface area contributed by atoms with E-state index in [9.17, 15) is 13.2 Å². The summed E-state index contributed by atoms with van der Waals surface area (Å²) in [6.45, 7) is 9.86. The number of carbonyl (C=O) groups excluding carboxylic acids is 1. The topological polar surface area (TPSA) is 84.5 Å². The Morgan fingerprint density at radius 3 is 2.11 bits per heavy atom. The second kappa shape index (κ2) is 11.4. The molecule has 0 saturated carbocycles. The summed E-state index contributed by atoms with van der Waals surface area (Å²) >= 11 is 0. The number of ether oxygens (including phenoxy) is 1. The molecule has 0 radical (unpaired) electrons. The van der Waals surface area contributed by atoms with Crippen LogP contribution in [0.2, 0.25) is 0 Å². The molecule has 1 amide bonds. The van der Waals surface area contributed by atoms with E-state index in [1.54, 1.807) is 12.1 Å². The summed E-state index contributed by atoms with van der Waals surface area (Å²) in [7, 11) is -3.77. The van der Waals surface area contributed by atoms with Crippen LogP contribution in [0.25, 0.3) is 0 Å². The molecule has 2 unspecified atom stereocenters. The van der Waals surface area contributed by atoms with Crippen molar-refractivity contribution < 1.29 is 17.9 Å². The van der Waals surface area contributed by atoms with Gasteiger partial charge in [-0.05, 0) is 79.6 Å². The largest absolute Gasteiger partial charge is 0.480 e. The van der Waals surface area contributed by atoms with E-state index >= 15 is 0 Å². The van der Waals surface area contributed by atoms with Crippen LogP contribution in [0.4, 0.5) is 11.4 Å². The lowest BCUT2D eigenvalue weighted by Gasteiger charge is -2.21. The van der Waals surface area contributed by atoms with Crippen LogP contribution in [0, 0.1) is 13.8 Å². The highest BCUT2D eigenvalue weighted by Crippen LogP contribution is 2.30. The number of sulfonamides is 1. The number of rotatable bonds is 10. The molecular weight excluding hydrogens is 460 g/mol. The first-order valence-electron chi connectivity index (χ1n) is 11.9.